The molecule has 0 fully saturated rings. The highest BCUT2D eigenvalue weighted by Crippen LogP contribution is 2.15. The number of hydrogen-bond donors (Lipinski definition) is 2. The Balaban J connectivity index is 1.85. The molecule has 1 amide bonds. The number of nitrogen functional groups attached to an aromatic ring is 1. The quantitative estimate of drug-likeness (QED) is 0.495. The number of hydrogen-bond acceptors (Lipinski definition) is 8. The van der Waals surface area contributed by atoms with Gasteiger partial charge in [-0.1, -0.05) is 33.3 Å². The van der Waals surface area contributed by atoms with Gasteiger partial charge in [0.1, 0.15) is 0 Å². The second-order valence-electron chi connectivity index (χ2n) is 5.05. The molecular weight excluding hydrogens is 392 g/mol. The topological polar surface area (TPSA) is 137 Å². The summed E-state index contributed by atoms with van der Waals surface area (Å²) in [6, 6.07) is 7.54. The number of aromatic nitrogens is 5. The molecule has 3 aromatic rings. The molecule has 0 atom stereocenters. The minimum absolute atomic E-state index is 0.00602. The zero-order valence-electron chi connectivity index (χ0n) is 13.3. The Morgan fingerprint density at radius 2 is 2.04 bits per heavy atom. The van der Waals surface area contributed by atoms with E-state index in [4.69, 9.17) is 5.73 Å². The standard InChI is InChI=1S/C14H13BrN8O2/c1-7(9-3-5-10(15)6-4-9)17-19-14(24)11-8(2)18-22-23(11)13-12(16)20-25-21-13/h3-6H,1-2H3,(H2,16,20)(H,19,24)/b17-7+. The van der Waals surface area contributed by atoms with Crippen LogP contribution in [0.5, 0.6) is 0 Å². The van der Waals surface area contributed by atoms with Gasteiger partial charge in [0, 0.05) is 4.47 Å². The third kappa shape index (κ3) is 3.40. The summed E-state index contributed by atoms with van der Waals surface area (Å²) in [6.45, 7) is 3.42. The van der Waals surface area contributed by atoms with Gasteiger partial charge in [-0.2, -0.15) is 9.78 Å². The number of nitrogens with two attached hydrogens (primary N) is 1. The number of carbonyl (C=O) groups excluding carboxylic acids is 1. The first-order valence-electron chi connectivity index (χ1n) is 7.08. The van der Waals surface area contributed by atoms with Gasteiger partial charge in [-0.05, 0) is 41.9 Å². The number of nitrogens with zero attached hydrogens (tertiary/aromatic N) is 6. The van der Waals surface area contributed by atoms with Crippen LogP contribution in [0, 0.1) is 6.92 Å². The van der Waals surface area contributed by atoms with Crippen molar-refractivity contribution in [2.24, 2.45) is 5.10 Å². The van der Waals surface area contributed by atoms with Gasteiger partial charge in [-0.3, -0.25) is 4.79 Å². The van der Waals surface area contributed by atoms with Crippen LogP contribution in [0.4, 0.5) is 5.82 Å². The maximum atomic E-state index is 12.5. The van der Waals surface area contributed by atoms with Crippen molar-refractivity contribution in [3.05, 3.63) is 45.7 Å². The Kier molecular flexibility index (Phi) is 4.57. The number of rotatable bonds is 4. The van der Waals surface area contributed by atoms with E-state index in [-0.39, 0.29) is 17.3 Å². The van der Waals surface area contributed by atoms with Crippen molar-refractivity contribution in [1.82, 2.24) is 30.7 Å². The summed E-state index contributed by atoms with van der Waals surface area (Å²) in [7, 11) is 0. The highest BCUT2D eigenvalue weighted by Gasteiger charge is 2.22. The van der Waals surface area contributed by atoms with Gasteiger partial charge in [0.2, 0.25) is 11.6 Å². The van der Waals surface area contributed by atoms with Crippen molar-refractivity contribution in [3.63, 3.8) is 0 Å². The molecule has 2 heterocycles. The van der Waals surface area contributed by atoms with Crippen LogP contribution in [0.25, 0.3) is 5.82 Å². The monoisotopic (exact) mass is 404 g/mol. The fourth-order valence-corrected chi connectivity index (χ4v) is 2.31. The number of amides is 1. The average Bonchev–Trinajstić information content (AvgIpc) is 3.18. The number of anilines is 1. The second-order valence-corrected chi connectivity index (χ2v) is 5.97. The lowest BCUT2D eigenvalue weighted by atomic mass is 10.1. The Labute approximate surface area is 150 Å². The van der Waals surface area contributed by atoms with E-state index in [0.717, 1.165) is 14.7 Å². The number of aryl methyl sites for hydroxylation is 1. The summed E-state index contributed by atoms with van der Waals surface area (Å²) >= 11 is 3.37. The highest BCUT2D eigenvalue weighted by molar-refractivity contribution is 9.10. The van der Waals surface area contributed by atoms with E-state index in [9.17, 15) is 4.79 Å². The Morgan fingerprint density at radius 1 is 1.32 bits per heavy atom. The lowest BCUT2D eigenvalue weighted by Gasteiger charge is -2.05. The average molecular weight is 405 g/mol. The fraction of sp³-hybridized carbons (Fsp3) is 0.143. The van der Waals surface area contributed by atoms with Gasteiger partial charge < -0.3 is 5.73 Å². The molecule has 0 spiro atoms. The van der Waals surface area contributed by atoms with Crippen molar-refractivity contribution in [3.8, 4) is 5.82 Å². The molecule has 25 heavy (non-hydrogen) atoms. The number of halogens is 1. The predicted octanol–water partition coefficient (Wildman–Crippen LogP) is 1.46. The molecule has 11 heteroatoms. The van der Waals surface area contributed by atoms with Crippen molar-refractivity contribution < 1.29 is 9.42 Å². The van der Waals surface area contributed by atoms with Crippen molar-refractivity contribution in [2.75, 3.05) is 5.73 Å². The lowest BCUT2D eigenvalue weighted by Crippen LogP contribution is -2.24. The Hall–Kier alpha value is -3.08. The van der Waals surface area contributed by atoms with Gasteiger partial charge in [0.15, 0.2) is 5.69 Å². The zero-order chi connectivity index (χ0) is 18.0. The van der Waals surface area contributed by atoms with Crippen LogP contribution in [-0.2, 0) is 0 Å². The van der Waals surface area contributed by atoms with E-state index in [1.165, 1.54) is 0 Å². The van der Waals surface area contributed by atoms with Crippen molar-refractivity contribution in [2.45, 2.75) is 13.8 Å². The molecule has 0 bridgehead atoms. The van der Waals surface area contributed by atoms with E-state index in [2.05, 4.69) is 51.7 Å². The van der Waals surface area contributed by atoms with E-state index < -0.39 is 5.91 Å². The maximum Gasteiger partial charge on any atom is 0.292 e. The van der Waals surface area contributed by atoms with Crippen LogP contribution in [0.1, 0.15) is 28.7 Å². The minimum Gasteiger partial charge on any atom is -0.378 e. The molecule has 0 radical (unpaired) electrons. The largest absolute Gasteiger partial charge is 0.378 e. The Morgan fingerprint density at radius 3 is 2.68 bits per heavy atom. The third-order valence-electron chi connectivity index (χ3n) is 3.34. The maximum absolute atomic E-state index is 12.5. The number of hydrazone groups is 1. The van der Waals surface area contributed by atoms with Gasteiger partial charge in [0.25, 0.3) is 5.91 Å². The molecule has 3 N–H and O–H groups in total. The number of benzene rings is 1. The summed E-state index contributed by atoms with van der Waals surface area (Å²) in [5.74, 6) is -0.436. The normalized spacial score (nSPS) is 11.6. The van der Waals surface area contributed by atoms with Crippen LogP contribution >= 0.6 is 15.9 Å². The second kappa shape index (κ2) is 6.81. The van der Waals surface area contributed by atoms with Crippen LogP contribution in [-0.4, -0.2) is 36.9 Å². The highest BCUT2D eigenvalue weighted by atomic mass is 79.9. The molecule has 1 aromatic carbocycles. The molecule has 0 aliphatic carbocycles. The molecule has 0 aliphatic rings. The fourth-order valence-electron chi connectivity index (χ4n) is 2.05. The molecular formula is C14H13BrN8O2. The molecule has 0 unspecified atom stereocenters. The molecule has 2 aromatic heterocycles. The molecule has 3 rings (SSSR count). The van der Waals surface area contributed by atoms with Crippen LogP contribution < -0.4 is 11.2 Å². The summed E-state index contributed by atoms with van der Waals surface area (Å²) < 4.78 is 6.64. The smallest absolute Gasteiger partial charge is 0.292 e. The first-order valence-corrected chi connectivity index (χ1v) is 7.88. The molecule has 0 aliphatic heterocycles. The summed E-state index contributed by atoms with van der Waals surface area (Å²) in [5, 5.41) is 18.9. The van der Waals surface area contributed by atoms with Crippen LogP contribution in [0.15, 0.2) is 38.5 Å². The predicted molar refractivity (Wildman–Crippen MR) is 92.2 cm³/mol. The summed E-state index contributed by atoms with van der Waals surface area (Å²) in [5.41, 5.74) is 10.2. The number of carbonyl (C=O) groups is 1. The SMILES string of the molecule is C/C(=N\NC(=O)c1c(C)nnn1-c1nonc1N)c1ccc(Br)cc1. The van der Waals surface area contributed by atoms with Gasteiger partial charge in [-0.25, -0.2) is 10.1 Å². The van der Waals surface area contributed by atoms with Crippen molar-refractivity contribution in [1.29, 1.82) is 0 Å². The van der Waals surface area contributed by atoms with E-state index in [1.807, 2.05) is 24.3 Å². The first-order chi connectivity index (χ1) is 12.0. The minimum atomic E-state index is -0.513. The lowest BCUT2D eigenvalue weighted by molar-refractivity contribution is 0.0946. The molecule has 10 nitrogen and oxygen atoms in total. The Bertz CT molecular complexity index is 944. The van der Waals surface area contributed by atoms with Gasteiger partial charge >= 0.3 is 0 Å². The summed E-state index contributed by atoms with van der Waals surface area (Å²) in [6.07, 6.45) is 0. The van der Waals surface area contributed by atoms with Crippen LogP contribution in [0.2, 0.25) is 0 Å². The van der Waals surface area contributed by atoms with Crippen molar-refractivity contribution >= 4 is 33.4 Å². The third-order valence-corrected chi connectivity index (χ3v) is 3.87. The molecule has 0 saturated carbocycles. The van der Waals surface area contributed by atoms with E-state index >= 15 is 0 Å². The van der Waals surface area contributed by atoms with Gasteiger partial charge in [0.05, 0.1) is 11.4 Å². The molecule has 128 valence electrons. The summed E-state index contributed by atoms with van der Waals surface area (Å²) in [4.78, 5) is 12.5. The first kappa shape index (κ1) is 16.8. The van der Waals surface area contributed by atoms with Crippen LogP contribution in [0.3, 0.4) is 0 Å². The van der Waals surface area contributed by atoms with E-state index in [1.54, 1.807) is 13.8 Å². The van der Waals surface area contributed by atoms with Gasteiger partial charge in [-0.15, -0.1) is 5.10 Å². The van der Waals surface area contributed by atoms with E-state index in [0.29, 0.717) is 11.4 Å². The number of nitrogens with one attached hydrogen (secondary N) is 1. The molecule has 0 saturated heterocycles. The zero-order valence-corrected chi connectivity index (χ0v) is 14.9.